The number of thioether (sulfide) groups is 1. The molecule has 0 fully saturated rings. The minimum atomic E-state index is 1.15. The lowest BCUT2D eigenvalue weighted by Gasteiger charge is -2.12. The van der Waals surface area contributed by atoms with Crippen LogP contribution in [0.1, 0.15) is 12.8 Å². The predicted octanol–water partition coefficient (Wildman–Crippen LogP) is 2.93. The topological polar surface area (TPSA) is 14.1 Å². The lowest BCUT2D eigenvalue weighted by molar-refractivity contribution is 0.979. The molecule has 0 saturated heterocycles. The molecule has 1 aliphatic heterocycles. The monoisotopic (exact) mass is 176 g/mol. The Balaban J connectivity index is 2.13. The molecule has 1 nitrogen and oxygen atoms in total. The van der Waals surface area contributed by atoms with Gasteiger partial charge in [-0.25, -0.2) is 0 Å². The summed E-state index contributed by atoms with van der Waals surface area (Å²) in [5.74, 6) is 0. The van der Waals surface area contributed by atoms with E-state index in [-0.39, 0.29) is 0 Å². The summed E-state index contributed by atoms with van der Waals surface area (Å²) >= 11 is 1.75. The molecule has 0 saturated carbocycles. The molecule has 12 heavy (non-hydrogen) atoms. The van der Waals surface area contributed by atoms with Gasteiger partial charge in [0.2, 0.25) is 0 Å². The van der Waals surface area contributed by atoms with Crippen LogP contribution in [-0.2, 0) is 0 Å². The van der Waals surface area contributed by atoms with Crippen molar-refractivity contribution in [2.45, 2.75) is 12.8 Å². The first-order valence-corrected chi connectivity index (χ1v) is 4.93. The lowest BCUT2D eigenvalue weighted by Crippen LogP contribution is -1.95. The van der Waals surface area contributed by atoms with Gasteiger partial charge in [-0.1, -0.05) is 30.0 Å². The summed E-state index contributed by atoms with van der Waals surface area (Å²) in [6.07, 6.45) is 12.6. The second-order valence-electron chi connectivity index (χ2n) is 2.70. The standard InChI is InChI=1S/C10H10NS/c1-2-4-9(5-3-1)10-8-11-6-7-12-10/h1-2,4,6-8H,3,5H2. The number of hydrogen-bond donors (Lipinski definition) is 0. The third-order valence-electron chi connectivity index (χ3n) is 1.86. The van der Waals surface area contributed by atoms with Crippen LogP contribution in [0.15, 0.2) is 46.5 Å². The summed E-state index contributed by atoms with van der Waals surface area (Å²) in [6, 6.07) is 0. The Morgan fingerprint density at radius 1 is 1.42 bits per heavy atom. The average molecular weight is 176 g/mol. The van der Waals surface area contributed by atoms with Crippen molar-refractivity contribution in [3.63, 3.8) is 0 Å². The molecule has 0 bridgehead atoms. The minimum absolute atomic E-state index is 1.15. The van der Waals surface area contributed by atoms with E-state index in [4.69, 9.17) is 0 Å². The normalized spacial score (nSPS) is 21.3. The van der Waals surface area contributed by atoms with E-state index in [0.717, 1.165) is 12.8 Å². The average Bonchev–Trinajstić information content (AvgIpc) is 2.21. The minimum Gasteiger partial charge on any atom is -0.263 e. The van der Waals surface area contributed by atoms with Crippen molar-refractivity contribution in [2.24, 2.45) is 0 Å². The fourth-order valence-corrected chi connectivity index (χ4v) is 1.97. The highest BCUT2D eigenvalue weighted by Crippen LogP contribution is 2.31. The fourth-order valence-electron chi connectivity index (χ4n) is 1.25. The van der Waals surface area contributed by atoms with E-state index in [1.54, 1.807) is 11.8 Å². The van der Waals surface area contributed by atoms with Crippen molar-refractivity contribution in [2.75, 3.05) is 0 Å². The number of allylic oxidation sites excluding steroid dienone is 4. The Labute approximate surface area is 76.9 Å². The van der Waals surface area contributed by atoms with E-state index in [1.165, 1.54) is 10.5 Å². The number of nitrogens with zero attached hydrogens (tertiary/aromatic N) is 1. The Kier molecular flexibility index (Phi) is 2.37. The van der Waals surface area contributed by atoms with Crippen LogP contribution in [-0.4, -0.2) is 0 Å². The van der Waals surface area contributed by atoms with Crippen LogP contribution in [0.25, 0.3) is 0 Å². The van der Waals surface area contributed by atoms with Gasteiger partial charge in [0.15, 0.2) is 0 Å². The third-order valence-corrected chi connectivity index (χ3v) is 2.74. The molecule has 0 aromatic rings. The van der Waals surface area contributed by atoms with Gasteiger partial charge in [0, 0.05) is 17.3 Å². The van der Waals surface area contributed by atoms with E-state index in [0.29, 0.717) is 0 Å². The maximum absolute atomic E-state index is 4.11. The van der Waals surface area contributed by atoms with Crippen molar-refractivity contribution < 1.29 is 0 Å². The first kappa shape index (κ1) is 7.74. The molecule has 0 atom stereocenters. The zero-order valence-corrected chi connectivity index (χ0v) is 7.55. The maximum Gasteiger partial charge on any atom is 0.0410 e. The molecule has 1 radical (unpaired) electrons. The van der Waals surface area contributed by atoms with Gasteiger partial charge in [-0.15, -0.1) is 0 Å². The van der Waals surface area contributed by atoms with Crippen molar-refractivity contribution in [3.05, 3.63) is 46.5 Å². The largest absolute Gasteiger partial charge is 0.263 e. The Morgan fingerprint density at radius 2 is 2.42 bits per heavy atom. The van der Waals surface area contributed by atoms with Crippen LogP contribution in [0.4, 0.5) is 0 Å². The molecule has 2 aliphatic rings. The molecule has 0 N–H and O–H groups in total. The summed E-state index contributed by atoms with van der Waals surface area (Å²) in [5.41, 5.74) is 1.41. The van der Waals surface area contributed by atoms with Gasteiger partial charge in [0.25, 0.3) is 0 Å². The second kappa shape index (κ2) is 3.68. The van der Waals surface area contributed by atoms with Crippen molar-refractivity contribution in [1.82, 2.24) is 5.32 Å². The molecule has 0 unspecified atom stereocenters. The van der Waals surface area contributed by atoms with Crippen molar-refractivity contribution >= 4 is 11.8 Å². The number of rotatable bonds is 1. The van der Waals surface area contributed by atoms with E-state index in [9.17, 15) is 0 Å². The zero-order valence-electron chi connectivity index (χ0n) is 6.73. The van der Waals surface area contributed by atoms with Crippen LogP contribution >= 0.6 is 11.8 Å². The van der Waals surface area contributed by atoms with E-state index in [1.807, 2.05) is 17.8 Å². The quantitative estimate of drug-likeness (QED) is 0.599. The van der Waals surface area contributed by atoms with Crippen LogP contribution in [0, 0.1) is 0 Å². The van der Waals surface area contributed by atoms with Crippen molar-refractivity contribution in [3.8, 4) is 0 Å². The highest BCUT2D eigenvalue weighted by atomic mass is 32.2. The van der Waals surface area contributed by atoms with E-state index < -0.39 is 0 Å². The van der Waals surface area contributed by atoms with Crippen LogP contribution in [0.2, 0.25) is 0 Å². The molecule has 61 valence electrons. The van der Waals surface area contributed by atoms with Crippen LogP contribution < -0.4 is 5.32 Å². The lowest BCUT2D eigenvalue weighted by atomic mass is 10.1. The predicted molar refractivity (Wildman–Crippen MR) is 53.4 cm³/mol. The Morgan fingerprint density at radius 3 is 3.08 bits per heavy atom. The van der Waals surface area contributed by atoms with E-state index >= 15 is 0 Å². The SMILES string of the molecule is C1=CCCC(C2=C[N]C=CS2)=C1. The smallest absolute Gasteiger partial charge is 0.0410 e. The second-order valence-corrected chi connectivity index (χ2v) is 3.65. The summed E-state index contributed by atoms with van der Waals surface area (Å²) in [5, 5.41) is 6.13. The summed E-state index contributed by atoms with van der Waals surface area (Å²) in [7, 11) is 0. The van der Waals surface area contributed by atoms with Gasteiger partial charge < -0.3 is 0 Å². The maximum atomic E-state index is 4.11. The molecule has 0 spiro atoms. The highest BCUT2D eigenvalue weighted by molar-refractivity contribution is 8.06. The van der Waals surface area contributed by atoms with Gasteiger partial charge >= 0.3 is 0 Å². The molecular weight excluding hydrogens is 166 g/mol. The first-order chi connectivity index (χ1) is 5.97. The summed E-state index contributed by atoms with van der Waals surface area (Å²) in [4.78, 5) is 1.29. The van der Waals surface area contributed by atoms with Gasteiger partial charge in [-0.3, -0.25) is 5.32 Å². The van der Waals surface area contributed by atoms with Gasteiger partial charge in [-0.2, -0.15) is 0 Å². The van der Waals surface area contributed by atoms with Crippen LogP contribution in [0.5, 0.6) is 0 Å². The molecule has 2 rings (SSSR count). The molecule has 0 aromatic carbocycles. The first-order valence-electron chi connectivity index (χ1n) is 4.05. The Bertz CT molecular complexity index is 284. The number of hydrogen-bond acceptors (Lipinski definition) is 1. The molecule has 1 aliphatic carbocycles. The van der Waals surface area contributed by atoms with Crippen LogP contribution in [0.3, 0.4) is 0 Å². The third kappa shape index (κ3) is 1.64. The van der Waals surface area contributed by atoms with Gasteiger partial charge in [0.05, 0.1) is 0 Å². The molecular formula is C10H10NS. The molecule has 1 heterocycles. The summed E-state index contributed by atoms with van der Waals surface area (Å²) in [6.45, 7) is 0. The highest BCUT2D eigenvalue weighted by Gasteiger charge is 2.07. The zero-order chi connectivity index (χ0) is 8.23. The fraction of sp³-hybridized carbons (Fsp3) is 0.200. The molecule has 2 heteroatoms. The molecule has 0 aromatic heterocycles. The van der Waals surface area contributed by atoms with Gasteiger partial charge in [-0.05, 0) is 23.8 Å². The molecule has 0 amide bonds. The Hall–Kier alpha value is -0.890. The summed E-state index contributed by atoms with van der Waals surface area (Å²) < 4.78 is 0. The van der Waals surface area contributed by atoms with E-state index in [2.05, 4.69) is 23.5 Å². The van der Waals surface area contributed by atoms with Crippen molar-refractivity contribution in [1.29, 1.82) is 0 Å². The van der Waals surface area contributed by atoms with Gasteiger partial charge in [0.1, 0.15) is 0 Å².